The van der Waals surface area contributed by atoms with Gasteiger partial charge < -0.3 is 20.1 Å². The van der Waals surface area contributed by atoms with Crippen molar-refractivity contribution in [2.45, 2.75) is 105 Å². The molecule has 2 heterocycles. The highest BCUT2D eigenvalue weighted by Gasteiger charge is 2.43. The fourth-order valence-corrected chi connectivity index (χ4v) is 5.25. The molecule has 1 aromatic heterocycles. The maximum atomic E-state index is 13.4. The minimum atomic E-state index is -1.24. The van der Waals surface area contributed by atoms with Gasteiger partial charge in [-0.25, -0.2) is 4.98 Å². The van der Waals surface area contributed by atoms with Crippen LogP contribution in [0.3, 0.4) is 0 Å². The van der Waals surface area contributed by atoms with Gasteiger partial charge in [0.1, 0.15) is 16.9 Å². The van der Waals surface area contributed by atoms with E-state index in [1.54, 1.807) is 13.8 Å². The lowest BCUT2D eigenvalue weighted by Crippen LogP contribution is -2.46. The van der Waals surface area contributed by atoms with Crippen LogP contribution in [-0.4, -0.2) is 50.4 Å². The number of thiazole rings is 1. The van der Waals surface area contributed by atoms with E-state index in [1.807, 2.05) is 39.2 Å². The van der Waals surface area contributed by atoms with Crippen LogP contribution in [0.4, 0.5) is 0 Å². The minimum Gasteiger partial charge on any atom is -0.457 e. The van der Waals surface area contributed by atoms with E-state index < -0.39 is 35.6 Å². The van der Waals surface area contributed by atoms with E-state index in [-0.39, 0.29) is 24.7 Å². The van der Waals surface area contributed by atoms with Gasteiger partial charge in [-0.15, -0.1) is 11.3 Å². The van der Waals surface area contributed by atoms with Crippen LogP contribution in [0.2, 0.25) is 0 Å². The molecule has 7 nitrogen and oxygen atoms in total. The molecule has 0 unspecified atom stereocenters. The number of hydrogen-bond acceptors (Lipinski definition) is 8. The summed E-state index contributed by atoms with van der Waals surface area (Å²) in [5.41, 5.74) is 1.44. The first-order valence-corrected chi connectivity index (χ1v) is 13.8. The predicted octanol–water partition coefficient (Wildman–Crippen LogP) is 4.84. The largest absolute Gasteiger partial charge is 0.457 e. The Morgan fingerprint density at radius 2 is 2.00 bits per heavy atom. The van der Waals surface area contributed by atoms with Crippen LogP contribution in [0.15, 0.2) is 22.6 Å². The number of cyclic esters (lactones) is 1. The maximum absolute atomic E-state index is 13.4. The predicted molar refractivity (Wildman–Crippen MR) is 142 cm³/mol. The molecule has 0 spiro atoms. The number of aliphatic hydroxyl groups excluding tert-OH is 3. The number of Topliss-reactive ketones (excluding diaryl/α,β-unsaturated/α-hetero) is 1. The lowest BCUT2D eigenvalue weighted by molar-refractivity contribution is -0.154. The van der Waals surface area contributed by atoms with Gasteiger partial charge in [0.15, 0.2) is 0 Å². The van der Waals surface area contributed by atoms with E-state index in [0.717, 1.165) is 30.4 Å². The van der Waals surface area contributed by atoms with Gasteiger partial charge in [-0.2, -0.15) is 0 Å². The van der Waals surface area contributed by atoms with Gasteiger partial charge in [-0.05, 0) is 57.1 Å². The van der Waals surface area contributed by atoms with Crippen molar-refractivity contribution in [1.29, 1.82) is 0 Å². The maximum Gasteiger partial charge on any atom is 0.309 e. The topological polar surface area (TPSA) is 117 Å². The number of rotatable bonds is 4. The second-order valence-electron chi connectivity index (χ2n) is 10.7. The smallest absolute Gasteiger partial charge is 0.309 e. The van der Waals surface area contributed by atoms with E-state index in [1.165, 1.54) is 11.3 Å². The molecule has 0 bridgehead atoms. The summed E-state index contributed by atoms with van der Waals surface area (Å²) in [5, 5.41) is 33.6. The summed E-state index contributed by atoms with van der Waals surface area (Å²) in [7, 11) is 0. The summed E-state index contributed by atoms with van der Waals surface area (Å²) < 4.78 is 5.81. The van der Waals surface area contributed by atoms with Crippen molar-refractivity contribution in [3.63, 3.8) is 0 Å². The molecule has 3 N–H and O–H groups in total. The van der Waals surface area contributed by atoms with E-state index in [9.17, 15) is 24.9 Å². The summed E-state index contributed by atoms with van der Waals surface area (Å²) in [5.74, 6) is -1.48. The summed E-state index contributed by atoms with van der Waals surface area (Å²) in [6.45, 7) is 10.9. The van der Waals surface area contributed by atoms with Gasteiger partial charge in [0.25, 0.3) is 0 Å². The van der Waals surface area contributed by atoms with Gasteiger partial charge in [-0.1, -0.05) is 39.3 Å². The first-order valence-electron chi connectivity index (χ1n) is 12.9. The molecule has 0 aromatic carbocycles. The highest BCUT2D eigenvalue weighted by atomic mass is 32.1. The number of aliphatic hydroxyl groups is 3. The van der Waals surface area contributed by atoms with Crippen molar-refractivity contribution in [1.82, 2.24) is 4.98 Å². The molecule has 0 saturated heterocycles. The standard InChI is InChI=1S/C28H43NO6S/c1-7-21-26(33)18(3)10-8-9-17(2)11-12-22(19(4)13-20-16-36-24(15-30)29-20)35-25(32)14-23(31)28(5,6)27(21)34/h11,13,16,18,21-23,26,30-31,33H,7-10,12,14-15H2,1-6H3/b17-11-,19-13+/t18-,21+,22-,23-,26-/m0/s1. The van der Waals surface area contributed by atoms with Crippen molar-refractivity contribution < 1.29 is 29.6 Å². The molecule has 8 heteroatoms. The second kappa shape index (κ2) is 13.6. The first kappa shape index (κ1) is 30.4. The monoisotopic (exact) mass is 521 g/mol. The lowest BCUT2D eigenvalue weighted by atomic mass is 9.71. The Hall–Kier alpha value is -1.87. The van der Waals surface area contributed by atoms with Crippen molar-refractivity contribution in [2.75, 3.05) is 0 Å². The Bertz CT molecular complexity index is 950. The zero-order valence-electron chi connectivity index (χ0n) is 22.5. The van der Waals surface area contributed by atoms with Gasteiger partial charge in [0.2, 0.25) is 0 Å². The minimum absolute atomic E-state index is 0.0580. The Kier molecular flexibility index (Phi) is 11.5. The Labute approximate surface area is 219 Å². The number of aromatic nitrogens is 1. The summed E-state index contributed by atoms with van der Waals surface area (Å²) in [6.07, 6.45) is 4.45. The van der Waals surface area contributed by atoms with Crippen molar-refractivity contribution in [2.24, 2.45) is 17.3 Å². The van der Waals surface area contributed by atoms with Gasteiger partial charge >= 0.3 is 5.97 Å². The molecule has 0 fully saturated rings. The number of hydrogen-bond donors (Lipinski definition) is 3. The average Bonchev–Trinajstić information content (AvgIpc) is 3.28. The zero-order chi connectivity index (χ0) is 27.0. The lowest BCUT2D eigenvalue weighted by Gasteiger charge is -2.35. The number of ketones is 1. The van der Waals surface area contributed by atoms with Crippen LogP contribution in [0.5, 0.6) is 0 Å². The molecular formula is C28H43NO6S. The molecule has 0 saturated carbocycles. The molecule has 1 aliphatic rings. The fourth-order valence-electron chi connectivity index (χ4n) is 4.64. The first-order chi connectivity index (χ1) is 16.9. The van der Waals surface area contributed by atoms with E-state index in [4.69, 9.17) is 4.74 Å². The van der Waals surface area contributed by atoms with E-state index in [0.29, 0.717) is 23.5 Å². The van der Waals surface area contributed by atoms with E-state index in [2.05, 4.69) is 11.1 Å². The van der Waals surface area contributed by atoms with Gasteiger partial charge in [0.05, 0.1) is 36.3 Å². The fraction of sp³-hybridized carbons (Fsp3) is 0.679. The summed E-state index contributed by atoms with van der Waals surface area (Å²) in [4.78, 5) is 30.7. The number of esters is 1. The second-order valence-corrected chi connectivity index (χ2v) is 11.6. The Morgan fingerprint density at radius 1 is 1.31 bits per heavy atom. The van der Waals surface area contributed by atoms with Crippen molar-refractivity contribution >= 4 is 29.2 Å². The zero-order valence-corrected chi connectivity index (χ0v) is 23.3. The molecule has 0 radical (unpaired) electrons. The highest BCUT2D eigenvalue weighted by molar-refractivity contribution is 7.09. The third-order valence-corrected chi connectivity index (χ3v) is 8.22. The van der Waals surface area contributed by atoms with E-state index >= 15 is 0 Å². The molecule has 1 aliphatic heterocycles. The molecule has 202 valence electrons. The molecule has 0 aliphatic carbocycles. The average molecular weight is 522 g/mol. The Morgan fingerprint density at radius 3 is 2.61 bits per heavy atom. The molecule has 1 aromatic rings. The third-order valence-electron chi connectivity index (χ3n) is 7.37. The van der Waals surface area contributed by atoms with Crippen LogP contribution in [-0.2, 0) is 20.9 Å². The number of ether oxygens (including phenoxy) is 1. The van der Waals surface area contributed by atoms with Crippen LogP contribution < -0.4 is 0 Å². The Balaban J connectivity index is 2.35. The summed E-state index contributed by atoms with van der Waals surface area (Å²) >= 11 is 1.36. The van der Waals surface area contributed by atoms with Crippen LogP contribution in [0.1, 0.15) is 90.8 Å². The number of allylic oxidation sites excluding steroid dienone is 1. The molecule has 5 atom stereocenters. The number of carbonyl (C=O) groups excluding carboxylic acids is 2. The van der Waals surface area contributed by atoms with Crippen molar-refractivity contribution in [3.8, 4) is 0 Å². The number of nitrogens with zero attached hydrogens (tertiary/aromatic N) is 1. The molecule has 2 rings (SSSR count). The van der Waals surface area contributed by atoms with Gasteiger partial charge in [0, 0.05) is 17.7 Å². The molecular weight excluding hydrogens is 478 g/mol. The molecule has 0 amide bonds. The quantitative estimate of drug-likeness (QED) is 0.383. The van der Waals surface area contributed by atoms with Gasteiger partial charge in [-0.3, -0.25) is 9.59 Å². The van der Waals surface area contributed by atoms with Crippen molar-refractivity contribution in [3.05, 3.63) is 33.3 Å². The molecule has 36 heavy (non-hydrogen) atoms. The van der Waals surface area contributed by atoms with Crippen LogP contribution in [0, 0.1) is 17.3 Å². The normalized spacial score (nSPS) is 31.0. The van der Waals surface area contributed by atoms with Crippen LogP contribution in [0.25, 0.3) is 6.08 Å². The SMILES string of the molecule is CC[C@H]1C(=O)C(C)(C)[C@@H](O)CC(=O)O[C@H](/C(C)=C/c2csc(CO)n2)C/C=C(/C)CCC[C@H](C)[C@@H]1O. The third kappa shape index (κ3) is 8.07. The highest BCUT2D eigenvalue weighted by Crippen LogP contribution is 2.34. The van der Waals surface area contributed by atoms with Crippen LogP contribution >= 0.6 is 11.3 Å². The summed E-state index contributed by atoms with van der Waals surface area (Å²) in [6, 6.07) is 0. The number of carbonyl (C=O) groups is 2.